The summed E-state index contributed by atoms with van der Waals surface area (Å²) in [6.45, 7) is 9.44. The van der Waals surface area contributed by atoms with E-state index in [1.165, 1.54) is 44.6 Å². The van der Waals surface area contributed by atoms with E-state index >= 15 is 0 Å². The summed E-state index contributed by atoms with van der Waals surface area (Å²) in [7, 11) is 0. The summed E-state index contributed by atoms with van der Waals surface area (Å²) < 4.78 is 0. The van der Waals surface area contributed by atoms with Crippen molar-refractivity contribution in [3.8, 4) is 0 Å². The molecule has 0 N–H and O–H groups in total. The number of benzene rings is 1. The van der Waals surface area contributed by atoms with Crippen molar-refractivity contribution in [2.45, 2.75) is 38.9 Å². The highest BCUT2D eigenvalue weighted by molar-refractivity contribution is 8.03. The van der Waals surface area contributed by atoms with E-state index in [0.717, 1.165) is 0 Å². The van der Waals surface area contributed by atoms with E-state index in [0.29, 0.717) is 11.2 Å². The molecule has 0 amide bonds. The Balaban J connectivity index is 1.60. The van der Waals surface area contributed by atoms with Gasteiger partial charge in [-0.2, -0.15) is 0 Å². The average Bonchev–Trinajstić information content (AvgIpc) is 3.31. The summed E-state index contributed by atoms with van der Waals surface area (Å²) >= 11 is 1.94. The molecule has 0 bridgehead atoms. The maximum Gasteiger partial charge on any atom is 0.0530 e. The molecule has 1 heteroatoms. The molecule has 0 nitrogen and oxygen atoms in total. The molecular formula is C25H24S. The third-order valence-corrected chi connectivity index (χ3v) is 7.45. The standard InChI is InChI=1S/C25H24S/c1-15-13-20-16(2)18-11-12-26-23(18)14-21(20)24(15)25(3,4)22-10-9-17-7-5-6-8-19(17)22/h5-14,22-23H,1-4H3. The summed E-state index contributed by atoms with van der Waals surface area (Å²) in [6, 6.07) is 8.86. The molecule has 130 valence electrons. The number of hydrogen-bond acceptors (Lipinski definition) is 1. The summed E-state index contributed by atoms with van der Waals surface area (Å²) in [4.78, 5) is 0. The predicted octanol–water partition coefficient (Wildman–Crippen LogP) is 6.97. The Morgan fingerprint density at radius 3 is 2.65 bits per heavy atom. The molecule has 1 aromatic rings. The molecule has 0 saturated carbocycles. The van der Waals surface area contributed by atoms with Gasteiger partial charge in [0.05, 0.1) is 5.25 Å². The molecule has 1 aromatic carbocycles. The van der Waals surface area contributed by atoms with E-state index in [9.17, 15) is 0 Å². The van der Waals surface area contributed by atoms with Gasteiger partial charge in [0.2, 0.25) is 0 Å². The predicted molar refractivity (Wildman–Crippen MR) is 114 cm³/mol. The molecular weight excluding hydrogens is 332 g/mol. The van der Waals surface area contributed by atoms with E-state index < -0.39 is 0 Å². The summed E-state index contributed by atoms with van der Waals surface area (Å²) in [5.74, 6) is 0.428. The Bertz CT molecular complexity index is 1000. The maximum atomic E-state index is 2.51. The Morgan fingerprint density at radius 1 is 1.00 bits per heavy atom. The van der Waals surface area contributed by atoms with Crippen molar-refractivity contribution in [2.24, 2.45) is 5.41 Å². The minimum atomic E-state index is 0.0613. The van der Waals surface area contributed by atoms with Crippen molar-refractivity contribution in [3.63, 3.8) is 0 Å². The van der Waals surface area contributed by atoms with Crippen LogP contribution in [0.15, 0.2) is 87.4 Å². The minimum absolute atomic E-state index is 0.0613. The van der Waals surface area contributed by atoms with Crippen molar-refractivity contribution in [1.29, 1.82) is 0 Å². The smallest absolute Gasteiger partial charge is 0.0530 e. The second-order valence-electron chi connectivity index (χ2n) is 8.32. The van der Waals surface area contributed by atoms with Crippen LogP contribution in [0.2, 0.25) is 0 Å². The highest BCUT2D eigenvalue weighted by Crippen LogP contribution is 2.56. The van der Waals surface area contributed by atoms with Gasteiger partial charge in [-0.15, -0.1) is 11.8 Å². The van der Waals surface area contributed by atoms with Crippen LogP contribution in [-0.2, 0) is 0 Å². The molecule has 0 saturated heterocycles. The molecule has 26 heavy (non-hydrogen) atoms. The average molecular weight is 357 g/mol. The van der Waals surface area contributed by atoms with Crippen LogP contribution in [0.1, 0.15) is 44.7 Å². The van der Waals surface area contributed by atoms with Crippen LogP contribution in [0.4, 0.5) is 0 Å². The third-order valence-electron chi connectivity index (χ3n) is 6.47. The topological polar surface area (TPSA) is 0 Å². The number of allylic oxidation sites excluding steroid dienone is 8. The van der Waals surface area contributed by atoms with Crippen LogP contribution in [0, 0.1) is 5.41 Å². The largest absolute Gasteiger partial charge is 0.122 e. The van der Waals surface area contributed by atoms with Crippen molar-refractivity contribution in [2.75, 3.05) is 0 Å². The molecule has 0 spiro atoms. The second kappa shape index (κ2) is 5.50. The molecule has 1 aliphatic heterocycles. The van der Waals surface area contributed by atoms with Crippen molar-refractivity contribution in [1.82, 2.24) is 0 Å². The molecule has 1 heterocycles. The van der Waals surface area contributed by atoms with Gasteiger partial charge in [-0.05, 0) is 63.8 Å². The first-order valence-electron chi connectivity index (χ1n) is 9.44. The fourth-order valence-corrected chi connectivity index (χ4v) is 6.24. The van der Waals surface area contributed by atoms with Crippen LogP contribution in [0.3, 0.4) is 0 Å². The van der Waals surface area contributed by atoms with Crippen LogP contribution in [-0.4, -0.2) is 5.25 Å². The van der Waals surface area contributed by atoms with Gasteiger partial charge < -0.3 is 0 Å². The van der Waals surface area contributed by atoms with E-state index in [1.807, 2.05) is 11.8 Å². The number of fused-ring (bicyclic) bond motifs is 3. The van der Waals surface area contributed by atoms with Gasteiger partial charge in [0.1, 0.15) is 0 Å². The Morgan fingerprint density at radius 2 is 1.81 bits per heavy atom. The van der Waals surface area contributed by atoms with E-state index in [2.05, 4.69) is 87.7 Å². The van der Waals surface area contributed by atoms with Crippen LogP contribution >= 0.6 is 11.8 Å². The first kappa shape index (κ1) is 16.2. The van der Waals surface area contributed by atoms with Gasteiger partial charge in [0.15, 0.2) is 0 Å². The van der Waals surface area contributed by atoms with Gasteiger partial charge in [0, 0.05) is 11.3 Å². The highest BCUT2D eigenvalue weighted by atomic mass is 32.2. The molecule has 0 fully saturated rings. The van der Waals surface area contributed by atoms with Crippen molar-refractivity contribution < 1.29 is 0 Å². The zero-order chi connectivity index (χ0) is 18.1. The SMILES string of the molecule is CC1=C(C(C)(C)C2C=Cc3ccccc32)C2=CC3SC=CC3=C(C)C2=C1. The Labute approximate surface area is 160 Å². The molecule has 3 aliphatic carbocycles. The fraction of sp³-hybridized carbons (Fsp3) is 0.280. The molecule has 5 rings (SSSR count). The number of thioether (sulfide) groups is 1. The normalized spacial score (nSPS) is 26.2. The lowest BCUT2D eigenvalue weighted by Gasteiger charge is -2.37. The monoisotopic (exact) mass is 356 g/mol. The fourth-order valence-electron chi connectivity index (χ4n) is 5.23. The summed E-state index contributed by atoms with van der Waals surface area (Å²) in [5, 5.41) is 2.74. The van der Waals surface area contributed by atoms with Gasteiger partial charge in [-0.3, -0.25) is 0 Å². The Kier molecular flexibility index (Phi) is 3.43. The molecule has 2 unspecified atom stereocenters. The van der Waals surface area contributed by atoms with Crippen molar-refractivity contribution >= 4 is 17.8 Å². The van der Waals surface area contributed by atoms with E-state index in [-0.39, 0.29) is 5.41 Å². The minimum Gasteiger partial charge on any atom is -0.122 e. The maximum absolute atomic E-state index is 2.51. The molecule has 4 aliphatic rings. The highest BCUT2D eigenvalue weighted by Gasteiger charge is 2.42. The number of rotatable bonds is 2. The third kappa shape index (κ3) is 2.10. The first-order valence-corrected chi connectivity index (χ1v) is 10.4. The van der Waals surface area contributed by atoms with Crippen LogP contribution < -0.4 is 0 Å². The Hall–Kier alpha value is -1.99. The summed E-state index contributed by atoms with van der Waals surface area (Å²) in [6.07, 6.45) is 11.9. The molecule has 0 aromatic heterocycles. The van der Waals surface area contributed by atoms with Gasteiger partial charge >= 0.3 is 0 Å². The molecule has 2 atom stereocenters. The second-order valence-corrected chi connectivity index (χ2v) is 9.38. The summed E-state index contributed by atoms with van der Waals surface area (Å²) in [5.41, 5.74) is 11.7. The number of hydrogen-bond donors (Lipinski definition) is 0. The van der Waals surface area contributed by atoms with Gasteiger partial charge in [0.25, 0.3) is 0 Å². The lowest BCUT2D eigenvalue weighted by atomic mass is 9.67. The van der Waals surface area contributed by atoms with E-state index in [1.54, 1.807) is 0 Å². The first-order chi connectivity index (χ1) is 12.5. The lowest BCUT2D eigenvalue weighted by molar-refractivity contribution is 0.405. The van der Waals surface area contributed by atoms with Gasteiger partial charge in [-0.25, -0.2) is 0 Å². The van der Waals surface area contributed by atoms with E-state index in [4.69, 9.17) is 0 Å². The van der Waals surface area contributed by atoms with Crippen LogP contribution in [0.5, 0.6) is 0 Å². The zero-order valence-electron chi connectivity index (χ0n) is 15.8. The molecule has 0 radical (unpaired) electrons. The quantitative estimate of drug-likeness (QED) is 0.551. The van der Waals surface area contributed by atoms with Crippen molar-refractivity contribution in [3.05, 3.63) is 98.5 Å². The van der Waals surface area contributed by atoms with Gasteiger partial charge in [-0.1, -0.05) is 68.5 Å². The lowest BCUT2D eigenvalue weighted by Crippen LogP contribution is -2.25. The zero-order valence-corrected chi connectivity index (χ0v) is 16.7. The van der Waals surface area contributed by atoms with Crippen LogP contribution in [0.25, 0.3) is 6.08 Å².